The zero-order valence-corrected chi connectivity index (χ0v) is 11.3. The van der Waals surface area contributed by atoms with Crippen LogP contribution in [0.4, 0.5) is 4.39 Å². The van der Waals surface area contributed by atoms with E-state index in [0.717, 1.165) is 0 Å². The third-order valence-electron chi connectivity index (χ3n) is 4.17. The van der Waals surface area contributed by atoms with Crippen LogP contribution in [0, 0.1) is 11.7 Å². The zero-order chi connectivity index (χ0) is 15.4. The van der Waals surface area contributed by atoms with Crippen molar-refractivity contribution in [3.8, 4) is 5.75 Å². The first-order valence-electron chi connectivity index (χ1n) is 6.86. The van der Waals surface area contributed by atoms with Crippen LogP contribution in [-0.4, -0.2) is 29.1 Å². The van der Waals surface area contributed by atoms with Crippen molar-refractivity contribution >= 4 is 11.8 Å². The minimum atomic E-state index is -1.06. The largest absolute Gasteiger partial charge is 0.484 e. The molecule has 0 amide bonds. The molecule has 1 aromatic rings. The van der Waals surface area contributed by atoms with Crippen LogP contribution in [0.1, 0.15) is 16.8 Å². The van der Waals surface area contributed by atoms with Gasteiger partial charge in [-0.1, -0.05) is 12.1 Å². The van der Waals surface area contributed by atoms with Crippen LogP contribution in [0.5, 0.6) is 5.75 Å². The highest BCUT2D eigenvalue weighted by atomic mass is 19.1. The fraction of sp³-hybridized carbons (Fsp3) is 0.250. The van der Waals surface area contributed by atoms with Gasteiger partial charge in [-0.05, 0) is 18.2 Å². The summed E-state index contributed by atoms with van der Waals surface area (Å²) >= 11 is 0. The van der Waals surface area contributed by atoms with Gasteiger partial charge in [-0.3, -0.25) is 4.79 Å². The lowest BCUT2D eigenvalue weighted by Gasteiger charge is -2.33. The maximum atomic E-state index is 13.9. The van der Waals surface area contributed by atoms with Gasteiger partial charge in [-0.15, -0.1) is 0 Å². The minimum Gasteiger partial charge on any atom is -0.484 e. The Morgan fingerprint density at radius 3 is 2.91 bits per heavy atom. The number of ether oxygens (including phenoxy) is 2. The van der Waals surface area contributed by atoms with Gasteiger partial charge in [0, 0.05) is 12.0 Å². The molecule has 4 rings (SSSR count). The van der Waals surface area contributed by atoms with Crippen molar-refractivity contribution in [3.63, 3.8) is 0 Å². The Labute approximate surface area is 124 Å². The Hall–Kier alpha value is -2.63. The van der Waals surface area contributed by atoms with E-state index in [1.807, 2.05) is 0 Å². The molecule has 1 aliphatic carbocycles. The summed E-state index contributed by atoms with van der Waals surface area (Å²) in [6.45, 7) is 0. The minimum absolute atomic E-state index is 0.0499. The van der Waals surface area contributed by atoms with Gasteiger partial charge >= 0.3 is 5.97 Å². The van der Waals surface area contributed by atoms with Crippen LogP contribution in [0.3, 0.4) is 0 Å². The molecule has 0 saturated carbocycles. The average Bonchev–Trinajstić information content (AvgIpc) is 2.92. The summed E-state index contributed by atoms with van der Waals surface area (Å²) in [5.41, 5.74) is 0.592. The highest BCUT2D eigenvalue weighted by Gasteiger charge is 2.46. The number of carboxylic acid groups (broad SMARTS) is 1. The van der Waals surface area contributed by atoms with Crippen LogP contribution >= 0.6 is 0 Å². The Kier molecular flexibility index (Phi) is 2.63. The molecule has 0 fully saturated rings. The third kappa shape index (κ3) is 1.70. The maximum Gasteiger partial charge on any atom is 0.345 e. The first-order valence-corrected chi connectivity index (χ1v) is 6.86. The molecule has 3 atom stereocenters. The number of benzene rings is 1. The quantitative estimate of drug-likeness (QED) is 0.860. The number of fused-ring (bicyclic) bond motifs is 3. The number of carboxylic acids is 1. The number of carbonyl (C=O) groups excluding carboxylic acids is 1. The molecule has 2 heterocycles. The Morgan fingerprint density at radius 2 is 2.14 bits per heavy atom. The van der Waals surface area contributed by atoms with Crippen molar-refractivity contribution in [1.82, 2.24) is 0 Å². The fourth-order valence-corrected chi connectivity index (χ4v) is 3.13. The second kappa shape index (κ2) is 4.43. The van der Waals surface area contributed by atoms with Gasteiger partial charge < -0.3 is 14.6 Å². The zero-order valence-electron chi connectivity index (χ0n) is 11.3. The van der Waals surface area contributed by atoms with E-state index in [-0.39, 0.29) is 23.5 Å². The molecule has 0 saturated heterocycles. The molecule has 0 radical (unpaired) electrons. The van der Waals surface area contributed by atoms with E-state index >= 15 is 0 Å². The van der Waals surface area contributed by atoms with E-state index in [9.17, 15) is 14.0 Å². The molecular formula is C16H11FO5. The molecule has 5 nitrogen and oxygen atoms in total. The van der Waals surface area contributed by atoms with Crippen molar-refractivity contribution in [2.75, 3.05) is 0 Å². The lowest BCUT2D eigenvalue weighted by Crippen LogP contribution is -2.40. The standard InChI is InChI=1S/C16H11FO5/c17-9-2-1-3-11-13(9)14(18)7-4-5-10-8(15(7)22-11)6-12(21-10)16(19)20/h1-5,7,12,15H,6H2,(H,19,20). The average molecular weight is 302 g/mol. The molecule has 6 heteroatoms. The molecule has 3 unspecified atom stereocenters. The third-order valence-corrected chi connectivity index (χ3v) is 4.17. The number of halogens is 1. The Balaban J connectivity index is 1.75. The second-order valence-electron chi connectivity index (χ2n) is 5.44. The first-order chi connectivity index (χ1) is 10.6. The predicted molar refractivity (Wildman–Crippen MR) is 71.9 cm³/mol. The number of ketones is 1. The van der Waals surface area contributed by atoms with Crippen molar-refractivity contribution in [2.45, 2.75) is 18.6 Å². The van der Waals surface area contributed by atoms with Crippen molar-refractivity contribution in [1.29, 1.82) is 0 Å². The van der Waals surface area contributed by atoms with E-state index in [4.69, 9.17) is 14.6 Å². The lowest BCUT2D eigenvalue weighted by molar-refractivity contribution is -0.146. The number of aliphatic carboxylic acids is 1. The molecule has 2 aliphatic heterocycles. The Bertz CT molecular complexity index is 764. The number of rotatable bonds is 1. The van der Waals surface area contributed by atoms with E-state index in [1.54, 1.807) is 12.2 Å². The van der Waals surface area contributed by atoms with Crippen LogP contribution < -0.4 is 4.74 Å². The Morgan fingerprint density at radius 1 is 1.32 bits per heavy atom. The maximum absolute atomic E-state index is 13.9. The number of allylic oxidation sites excluding steroid dienone is 1. The summed E-state index contributed by atoms with van der Waals surface area (Å²) in [4.78, 5) is 23.6. The summed E-state index contributed by atoms with van der Waals surface area (Å²) < 4.78 is 25.0. The number of hydrogen-bond donors (Lipinski definition) is 1. The van der Waals surface area contributed by atoms with E-state index in [0.29, 0.717) is 11.3 Å². The molecule has 22 heavy (non-hydrogen) atoms. The summed E-state index contributed by atoms with van der Waals surface area (Å²) in [7, 11) is 0. The molecule has 3 aliphatic rings. The molecule has 0 spiro atoms. The highest BCUT2D eigenvalue weighted by Crippen LogP contribution is 2.42. The number of hydrogen-bond acceptors (Lipinski definition) is 4. The van der Waals surface area contributed by atoms with Crippen molar-refractivity contribution in [2.24, 2.45) is 5.92 Å². The smallest absolute Gasteiger partial charge is 0.345 e. The molecule has 0 aromatic heterocycles. The van der Waals surface area contributed by atoms with Crippen LogP contribution in [0.15, 0.2) is 41.7 Å². The first kappa shape index (κ1) is 13.1. The summed E-state index contributed by atoms with van der Waals surface area (Å²) in [6.07, 6.45) is 1.72. The van der Waals surface area contributed by atoms with Crippen LogP contribution in [0.25, 0.3) is 0 Å². The van der Waals surface area contributed by atoms with Gasteiger partial charge in [-0.25, -0.2) is 9.18 Å². The highest BCUT2D eigenvalue weighted by molar-refractivity contribution is 6.03. The predicted octanol–water partition coefficient (Wildman–Crippen LogP) is 2.08. The summed E-state index contributed by atoms with van der Waals surface area (Å²) in [6, 6.07) is 4.23. The van der Waals surface area contributed by atoms with Crippen LogP contribution in [0.2, 0.25) is 0 Å². The van der Waals surface area contributed by atoms with E-state index in [1.165, 1.54) is 18.2 Å². The van der Waals surface area contributed by atoms with Gasteiger partial charge in [0.05, 0.1) is 11.5 Å². The number of Topliss-reactive ketones (excluding diaryl/α,β-unsaturated/α-hetero) is 1. The van der Waals surface area contributed by atoms with E-state index in [2.05, 4.69) is 0 Å². The van der Waals surface area contributed by atoms with E-state index < -0.39 is 29.9 Å². The van der Waals surface area contributed by atoms with Crippen molar-refractivity contribution < 1.29 is 28.6 Å². The lowest BCUT2D eigenvalue weighted by atomic mass is 9.81. The summed E-state index contributed by atoms with van der Waals surface area (Å²) in [5, 5.41) is 9.07. The SMILES string of the molecule is O=C(O)C1CC2=C(C=CC3C(=O)c4c(F)cccc4OC23)O1. The molecule has 0 bridgehead atoms. The van der Waals surface area contributed by atoms with Gasteiger partial charge in [0.2, 0.25) is 0 Å². The normalized spacial score (nSPS) is 28.4. The van der Waals surface area contributed by atoms with Gasteiger partial charge in [0.15, 0.2) is 11.9 Å². The second-order valence-corrected chi connectivity index (χ2v) is 5.44. The van der Waals surface area contributed by atoms with Gasteiger partial charge in [0.1, 0.15) is 23.4 Å². The van der Waals surface area contributed by atoms with Gasteiger partial charge in [0.25, 0.3) is 0 Å². The monoisotopic (exact) mass is 302 g/mol. The molecule has 112 valence electrons. The molecule has 1 aromatic carbocycles. The van der Waals surface area contributed by atoms with Gasteiger partial charge in [-0.2, -0.15) is 0 Å². The molecule has 1 N–H and O–H groups in total. The van der Waals surface area contributed by atoms with Crippen LogP contribution in [-0.2, 0) is 9.53 Å². The topological polar surface area (TPSA) is 72.8 Å². The summed E-state index contributed by atoms with van der Waals surface area (Å²) in [5.74, 6) is -2.06. The number of carbonyl (C=O) groups is 2. The fourth-order valence-electron chi connectivity index (χ4n) is 3.13. The molecular weight excluding hydrogens is 291 g/mol. The van der Waals surface area contributed by atoms with Crippen molar-refractivity contribution in [3.05, 3.63) is 53.1 Å².